The summed E-state index contributed by atoms with van der Waals surface area (Å²) in [7, 11) is -1.89. The van der Waals surface area contributed by atoms with Crippen molar-refractivity contribution in [1.29, 1.82) is 0 Å². The monoisotopic (exact) mass is 634 g/mol. The van der Waals surface area contributed by atoms with Crippen molar-refractivity contribution in [2.45, 2.75) is 105 Å². The minimum absolute atomic E-state index is 0.0148. The Balaban J connectivity index is 1.62. The molecule has 5 rings (SSSR count). The van der Waals surface area contributed by atoms with E-state index < -0.39 is 8.60 Å². The Hall–Kier alpha value is -3.55. The largest absolute Gasteiger partial charge is 0.530 e. The van der Waals surface area contributed by atoms with E-state index in [4.69, 9.17) is 13.6 Å². The van der Waals surface area contributed by atoms with Crippen molar-refractivity contribution in [3.05, 3.63) is 113 Å². The molecule has 0 aromatic heterocycles. The average Bonchev–Trinajstić information content (AvgIpc) is 2.94. The maximum absolute atomic E-state index is 6.88. The van der Waals surface area contributed by atoms with E-state index in [2.05, 4.69) is 162 Å². The molecular formula is C42H51O3P. The van der Waals surface area contributed by atoms with Crippen molar-refractivity contribution >= 4 is 30.1 Å². The third-order valence-electron chi connectivity index (χ3n) is 8.51. The molecule has 0 radical (unpaired) electrons. The summed E-state index contributed by atoms with van der Waals surface area (Å²) in [5.41, 5.74) is 4.58. The fraction of sp³-hybridized carbons (Fsp3) is 0.381. The van der Waals surface area contributed by atoms with E-state index in [1.54, 1.807) is 0 Å². The molecule has 1 atom stereocenters. The van der Waals surface area contributed by atoms with Crippen LogP contribution in [0.4, 0.5) is 0 Å². The molecule has 0 fully saturated rings. The van der Waals surface area contributed by atoms with Gasteiger partial charge in [0.1, 0.15) is 17.2 Å². The minimum atomic E-state index is -1.89. The van der Waals surface area contributed by atoms with Crippen LogP contribution < -0.4 is 13.6 Å². The lowest BCUT2D eigenvalue weighted by atomic mass is 9.80. The number of rotatable bonds is 6. The van der Waals surface area contributed by atoms with Gasteiger partial charge >= 0.3 is 8.60 Å². The van der Waals surface area contributed by atoms with Gasteiger partial charge in [-0.2, -0.15) is 0 Å². The topological polar surface area (TPSA) is 27.7 Å². The van der Waals surface area contributed by atoms with Crippen molar-refractivity contribution in [3.63, 3.8) is 0 Å². The van der Waals surface area contributed by atoms with Gasteiger partial charge in [0.05, 0.1) is 0 Å². The summed E-state index contributed by atoms with van der Waals surface area (Å²) < 4.78 is 20.4. The fourth-order valence-corrected chi connectivity index (χ4v) is 6.62. The zero-order chi connectivity index (χ0) is 33.7. The Kier molecular flexibility index (Phi) is 8.99. The third-order valence-corrected chi connectivity index (χ3v) is 9.56. The standard InChI is InChI=1S/C42H51O3P/c1-39(2,3)32-19-17-30-26-38(35(41(7,8)9)25-31(30)23-32)45-46(43-34-21-18-28-15-13-14-16-29(28)24-34)44-37-22-20-33(40(4,5)6)27-36(37)42(10,11)12/h13-27H,1-12H3. The molecule has 0 bridgehead atoms. The molecule has 5 aromatic carbocycles. The first-order valence-electron chi connectivity index (χ1n) is 16.4. The van der Waals surface area contributed by atoms with Crippen LogP contribution >= 0.6 is 8.60 Å². The van der Waals surface area contributed by atoms with Crippen molar-refractivity contribution < 1.29 is 13.6 Å². The van der Waals surface area contributed by atoms with Gasteiger partial charge in [0.15, 0.2) is 0 Å². The molecule has 0 amide bonds. The number of hydrogen-bond acceptors (Lipinski definition) is 3. The van der Waals surface area contributed by atoms with E-state index >= 15 is 0 Å². The second-order valence-corrected chi connectivity index (χ2v) is 17.6. The molecular weight excluding hydrogens is 583 g/mol. The predicted molar refractivity (Wildman–Crippen MR) is 198 cm³/mol. The molecule has 0 N–H and O–H groups in total. The number of fused-ring (bicyclic) bond motifs is 2. The van der Waals surface area contributed by atoms with Gasteiger partial charge in [-0.05, 0) is 84.7 Å². The fourth-order valence-electron chi connectivity index (χ4n) is 5.59. The van der Waals surface area contributed by atoms with Gasteiger partial charge in [0.25, 0.3) is 0 Å². The van der Waals surface area contributed by atoms with Crippen molar-refractivity contribution in [3.8, 4) is 17.2 Å². The van der Waals surface area contributed by atoms with Crippen LogP contribution in [0.1, 0.15) is 105 Å². The lowest BCUT2D eigenvalue weighted by Crippen LogP contribution is -2.18. The van der Waals surface area contributed by atoms with E-state index in [1.807, 2.05) is 12.1 Å². The zero-order valence-electron chi connectivity index (χ0n) is 29.8. The lowest BCUT2D eigenvalue weighted by Gasteiger charge is -2.29. The van der Waals surface area contributed by atoms with Gasteiger partial charge in [-0.15, -0.1) is 0 Å². The van der Waals surface area contributed by atoms with Crippen molar-refractivity contribution in [2.24, 2.45) is 0 Å². The van der Waals surface area contributed by atoms with Crippen LogP contribution in [-0.4, -0.2) is 0 Å². The molecule has 0 aliphatic heterocycles. The van der Waals surface area contributed by atoms with Crippen LogP contribution in [0.5, 0.6) is 17.2 Å². The Bertz CT molecular complexity index is 1860. The average molecular weight is 635 g/mol. The Labute approximate surface area is 278 Å². The quantitative estimate of drug-likeness (QED) is 0.174. The second-order valence-electron chi connectivity index (χ2n) is 16.6. The number of benzene rings is 5. The van der Waals surface area contributed by atoms with Gasteiger partial charge in [-0.25, -0.2) is 0 Å². The molecule has 242 valence electrons. The van der Waals surface area contributed by atoms with Gasteiger partial charge < -0.3 is 13.6 Å². The molecule has 0 saturated carbocycles. The van der Waals surface area contributed by atoms with Crippen LogP contribution in [-0.2, 0) is 21.7 Å². The molecule has 0 spiro atoms. The molecule has 0 aliphatic carbocycles. The van der Waals surface area contributed by atoms with Gasteiger partial charge in [0.2, 0.25) is 0 Å². The summed E-state index contributed by atoms with van der Waals surface area (Å²) in [6.07, 6.45) is 0. The Morgan fingerprint density at radius 3 is 1.54 bits per heavy atom. The normalized spacial score (nSPS) is 13.6. The highest BCUT2D eigenvalue weighted by Gasteiger charge is 2.30. The summed E-state index contributed by atoms with van der Waals surface area (Å²) in [5.74, 6) is 2.26. The minimum Gasteiger partial charge on any atom is -0.408 e. The molecule has 5 aromatic rings. The van der Waals surface area contributed by atoms with Crippen LogP contribution in [0.25, 0.3) is 21.5 Å². The third kappa shape index (κ3) is 7.69. The first-order valence-corrected chi connectivity index (χ1v) is 17.5. The molecule has 4 heteroatoms. The molecule has 0 saturated heterocycles. The summed E-state index contributed by atoms with van der Waals surface area (Å²) in [4.78, 5) is 0. The first-order chi connectivity index (χ1) is 21.3. The van der Waals surface area contributed by atoms with E-state index in [1.165, 1.54) is 16.5 Å². The second kappa shape index (κ2) is 12.2. The highest BCUT2D eigenvalue weighted by atomic mass is 31.2. The summed E-state index contributed by atoms with van der Waals surface area (Å²) in [5, 5.41) is 4.60. The van der Waals surface area contributed by atoms with Crippen LogP contribution in [0.2, 0.25) is 0 Å². The first kappa shape index (κ1) is 33.8. The summed E-state index contributed by atoms with van der Waals surface area (Å²) in [6, 6.07) is 32.1. The van der Waals surface area contributed by atoms with Crippen LogP contribution in [0.3, 0.4) is 0 Å². The van der Waals surface area contributed by atoms with Crippen molar-refractivity contribution in [1.82, 2.24) is 0 Å². The predicted octanol–water partition coefficient (Wildman–Crippen LogP) is 12.9. The molecule has 0 aliphatic rings. The molecule has 3 nitrogen and oxygen atoms in total. The number of hydrogen-bond donors (Lipinski definition) is 0. The molecule has 1 unspecified atom stereocenters. The smallest absolute Gasteiger partial charge is 0.408 e. The van der Waals surface area contributed by atoms with Crippen LogP contribution in [0, 0.1) is 0 Å². The summed E-state index contributed by atoms with van der Waals surface area (Å²) in [6.45, 7) is 26.8. The Morgan fingerprint density at radius 1 is 0.391 bits per heavy atom. The Morgan fingerprint density at radius 2 is 0.913 bits per heavy atom. The highest BCUT2D eigenvalue weighted by Crippen LogP contribution is 2.49. The van der Waals surface area contributed by atoms with E-state index in [9.17, 15) is 0 Å². The SMILES string of the molecule is CC(C)(C)c1ccc(OP(Oc2ccc3ccccc3c2)Oc2cc3ccc(C(C)(C)C)cc3cc2C(C)(C)C)c(C(C)(C)C)c1. The van der Waals surface area contributed by atoms with E-state index in [0.29, 0.717) is 5.75 Å². The van der Waals surface area contributed by atoms with Gasteiger partial charge in [-0.3, -0.25) is 0 Å². The zero-order valence-corrected chi connectivity index (χ0v) is 30.7. The maximum Gasteiger partial charge on any atom is 0.530 e. The van der Waals surface area contributed by atoms with E-state index in [-0.39, 0.29) is 21.7 Å². The summed E-state index contributed by atoms with van der Waals surface area (Å²) >= 11 is 0. The van der Waals surface area contributed by atoms with Gasteiger partial charge in [-0.1, -0.05) is 144 Å². The van der Waals surface area contributed by atoms with Crippen molar-refractivity contribution in [2.75, 3.05) is 0 Å². The maximum atomic E-state index is 6.88. The van der Waals surface area contributed by atoms with Gasteiger partial charge in [0, 0.05) is 11.1 Å². The molecule has 0 heterocycles. The lowest BCUT2D eigenvalue weighted by molar-refractivity contribution is 0.377. The highest BCUT2D eigenvalue weighted by molar-refractivity contribution is 7.43. The van der Waals surface area contributed by atoms with E-state index in [0.717, 1.165) is 38.8 Å². The molecule has 46 heavy (non-hydrogen) atoms. The van der Waals surface area contributed by atoms with Crippen LogP contribution in [0.15, 0.2) is 91.0 Å².